The fraction of sp³-hybridized carbons (Fsp3) is 0.192. The molecule has 0 bridgehead atoms. The van der Waals surface area contributed by atoms with Crippen LogP contribution in [0.4, 0.5) is 16.2 Å². The van der Waals surface area contributed by atoms with E-state index in [4.69, 9.17) is 5.73 Å². The number of urea groups is 1. The molecule has 1 unspecified atom stereocenters. The zero-order valence-electron chi connectivity index (χ0n) is 18.4. The van der Waals surface area contributed by atoms with Crippen molar-refractivity contribution >= 4 is 29.2 Å². The van der Waals surface area contributed by atoms with Gasteiger partial charge in [-0.05, 0) is 61.2 Å². The topological polar surface area (TPSA) is 105 Å². The van der Waals surface area contributed by atoms with Gasteiger partial charge in [0.2, 0.25) is 11.8 Å². The van der Waals surface area contributed by atoms with E-state index in [0.29, 0.717) is 24.2 Å². The van der Waals surface area contributed by atoms with Gasteiger partial charge >= 0.3 is 6.03 Å². The molecule has 3 aromatic carbocycles. The van der Waals surface area contributed by atoms with Crippen molar-refractivity contribution in [2.45, 2.75) is 25.8 Å². The minimum Gasteiger partial charge on any atom is -0.366 e. The quantitative estimate of drug-likeness (QED) is 0.554. The van der Waals surface area contributed by atoms with E-state index in [1.807, 2.05) is 67.6 Å². The van der Waals surface area contributed by atoms with Gasteiger partial charge in [-0.25, -0.2) is 4.79 Å². The number of hydrogen-bond acceptors (Lipinski definition) is 3. The molecule has 7 nitrogen and oxygen atoms in total. The Balaban J connectivity index is 1.45. The summed E-state index contributed by atoms with van der Waals surface area (Å²) in [4.78, 5) is 38.9. The summed E-state index contributed by atoms with van der Waals surface area (Å²) < 4.78 is 0. The maximum absolute atomic E-state index is 13.1. The standard InChI is InChI=1S/C26H26N4O3/c1-17-8-12-19(13-9-17)28-26(33)29-23-7-4-16-30(25(23)32)20-14-10-18(11-15-20)21-5-2-3-6-22(21)24(27)31/h2-3,5-6,8-15,23H,4,7,16H2,1H3,(H2,27,31)(H2,28,29,33). The molecule has 0 spiro atoms. The molecule has 1 aliphatic heterocycles. The largest absolute Gasteiger partial charge is 0.366 e. The molecule has 1 atom stereocenters. The average Bonchev–Trinajstić information content (AvgIpc) is 2.82. The molecule has 1 saturated heterocycles. The number of primary amides is 1. The van der Waals surface area contributed by atoms with Crippen LogP contribution in [0.1, 0.15) is 28.8 Å². The van der Waals surface area contributed by atoms with E-state index in [1.165, 1.54) is 0 Å². The van der Waals surface area contributed by atoms with Crippen LogP contribution in [-0.4, -0.2) is 30.4 Å². The lowest BCUT2D eigenvalue weighted by Gasteiger charge is -2.32. The van der Waals surface area contributed by atoms with Crippen molar-refractivity contribution in [3.05, 3.63) is 83.9 Å². The first-order valence-electron chi connectivity index (χ1n) is 10.9. The maximum Gasteiger partial charge on any atom is 0.319 e. The smallest absolute Gasteiger partial charge is 0.319 e. The highest BCUT2D eigenvalue weighted by Gasteiger charge is 2.30. The number of piperidine rings is 1. The number of nitrogens with two attached hydrogens (primary N) is 1. The van der Waals surface area contributed by atoms with Crippen LogP contribution < -0.4 is 21.3 Å². The summed E-state index contributed by atoms with van der Waals surface area (Å²) in [5.41, 5.74) is 10.0. The number of benzene rings is 3. The van der Waals surface area contributed by atoms with Crippen LogP contribution in [0.25, 0.3) is 11.1 Å². The van der Waals surface area contributed by atoms with Gasteiger partial charge in [-0.15, -0.1) is 0 Å². The van der Waals surface area contributed by atoms with E-state index in [-0.39, 0.29) is 5.91 Å². The molecule has 168 valence electrons. The minimum atomic E-state index is -0.598. The summed E-state index contributed by atoms with van der Waals surface area (Å²) in [7, 11) is 0. The number of rotatable bonds is 5. The van der Waals surface area contributed by atoms with Crippen molar-refractivity contribution in [3.8, 4) is 11.1 Å². The van der Waals surface area contributed by atoms with Crippen molar-refractivity contribution in [1.29, 1.82) is 0 Å². The molecule has 4 amide bonds. The van der Waals surface area contributed by atoms with Crippen molar-refractivity contribution in [2.75, 3.05) is 16.8 Å². The van der Waals surface area contributed by atoms with Crippen LogP contribution in [-0.2, 0) is 4.79 Å². The van der Waals surface area contributed by atoms with Gasteiger partial charge in [0.25, 0.3) is 0 Å². The normalized spacial score (nSPS) is 15.7. The molecule has 0 aromatic heterocycles. The minimum absolute atomic E-state index is 0.148. The Morgan fingerprint density at radius 1 is 0.970 bits per heavy atom. The summed E-state index contributed by atoms with van der Waals surface area (Å²) in [6, 6.07) is 21.0. The third-order valence-corrected chi connectivity index (χ3v) is 5.74. The summed E-state index contributed by atoms with van der Waals surface area (Å²) >= 11 is 0. The van der Waals surface area contributed by atoms with Crippen LogP contribution >= 0.6 is 0 Å². The number of anilines is 2. The molecule has 0 radical (unpaired) electrons. The number of nitrogens with zero attached hydrogens (tertiary/aromatic N) is 1. The van der Waals surface area contributed by atoms with Gasteiger partial charge in [0.05, 0.1) is 0 Å². The summed E-state index contributed by atoms with van der Waals surface area (Å²) in [5, 5.41) is 5.57. The zero-order valence-corrected chi connectivity index (χ0v) is 18.4. The van der Waals surface area contributed by atoms with Gasteiger partial charge in [0, 0.05) is 23.5 Å². The van der Waals surface area contributed by atoms with E-state index in [2.05, 4.69) is 10.6 Å². The van der Waals surface area contributed by atoms with Gasteiger partial charge in [0.1, 0.15) is 6.04 Å². The lowest BCUT2D eigenvalue weighted by Crippen LogP contribution is -2.53. The predicted molar refractivity (Wildman–Crippen MR) is 129 cm³/mol. The van der Waals surface area contributed by atoms with Gasteiger partial charge < -0.3 is 21.3 Å². The second-order valence-electron chi connectivity index (χ2n) is 8.11. The number of carbonyl (C=O) groups is 3. The molecule has 1 aliphatic rings. The third-order valence-electron chi connectivity index (χ3n) is 5.74. The summed E-state index contributed by atoms with van der Waals surface area (Å²) in [6.07, 6.45) is 1.36. The highest BCUT2D eigenvalue weighted by molar-refractivity contribution is 6.02. The first-order valence-corrected chi connectivity index (χ1v) is 10.9. The molecule has 7 heteroatoms. The van der Waals surface area contributed by atoms with Crippen LogP contribution in [0.3, 0.4) is 0 Å². The highest BCUT2D eigenvalue weighted by atomic mass is 16.2. The molecule has 1 fully saturated rings. The number of hydrogen-bond donors (Lipinski definition) is 3. The molecule has 0 aliphatic carbocycles. The van der Waals surface area contributed by atoms with Crippen LogP contribution in [0.2, 0.25) is 0 Å². The zero-order chi connectivity index (χ0) is 23.4. The first kappa shape index (κ1) is 22.1. The predicted octanol–water partition coefficient (Wildman–Crippen LogP) is 4.08. The molecule has 4 N–H and O–H groups in total. The lowest BCUT2D eigenvalue weighted by atomic mass is 9.98. The Bertz CT molecular complexity index is 1170. The highest BCUT2D eigenvalue weighted by Crippen LogP contribution is 2.28. The van der Waals surface area contributed by atoms with Crippen molar-refractivity contribution in [2.24, 2.45) is 5.73 Å². The Kier molecular flexibility index (Phi) is 6.40. The molecular formula is C26H26N4O3. The van der Waals surface area contributed by atoms with Crippen molar-refractivity contribution in [1.82, 2.24) is 5.32 Å². The first-order chi connectivity index (χ1) is 15.9. The van der Waals surface area contributed by atoms with Crippen LogP contribution in [0.15, 0.2) is 72.8 Å². The Morgan fingerprint density at radius 3 is 2.36 bits per heavy atom. The van der Waals surface area contributed by atoms with Crippen molar-refractivity contribution in [3.63, 3.8) is 0 Å². The summed E-state index contributed by atoms with van der Waals surface area (Å²) in [5.74, 6) is -0.635. The van der Waals surface area contributed by atoms with E-state index < -0.39 is 18.0 Å². The Labute approximate surface area is 192 Å². The van der Waals surface area contributed by atoms with Gasteiger partial charge in [-0.3, -0.25) is 9.59 Å². The molecule has 0 saturated carbocycles. The fourth-order valence-electron chi connectivity index (χ4n) is 4.00. The lowest BCUT2D eigenvalue weighted by molar-refractivity contribution is -0.121. The number of nitrogens with one attached hydrogen (secondary N) is 2. The molecular weight excluding hydrogens is 416 g/mol. The molecule has 3 aromatic rings. The monoisotopic (exact) mass is 442 g/mol. The number of aryl methyl sites for hydroxylation is 1. The Hall–Kier alpha value is -4.13. The SMILES string of the molecule is Cc1ccc(NC(=O)NC2CCCN(c3ccc(-c4ccccc4C(N)=O)cc3)C2=O)cc1. The maximum atomic E-state index is 13.1. The van der Waals surface area contributed by atoms with E-state index in [9.17, 15) is 14.4 Å². The van der Waals surface area contributed by atoms with Gasteiger partial charge in [-0.1, -0.05) is 48.0 Å². The second kappa shape index (κ2) is 9.56. The van der Waals surface area contributed by atoms with Gasteiger partial charge in [-0.2, -0.15) is 0 Å². The fourth-order valence-corrected chi connectivity index (χ4v) is 4.00. The number of amides is 4. The second-order valence-corrected chi connectivity index (χ2v) is 8.11. The molecule has 4 rings (SSSR count). The van der Waals surface area contributed by atoms with Crippen LogP contribution in [0.5, 0.6) is 0 Å². The van der Waals surface area contributed by atoms with E-state index in [0.717, 1.165) is 28.8 Å². The third kappa shape index (κ3) is 5.03. The van der Waals surface area contributed by atoms with E-state index in [1.54, 1.807) is 17.0 Å². The number of carbonyl (C=O) groups excluding carboxylic acids is 3. The summed E-state index contributed by atoms with van der Waals surface area (Å²) in [6.45, 7) is 2.55. The van der Waals surface area contributed by atoms with E-state index >= 15 is 0 Å². The molecule has 33 heavy (non-hydrogen) atoms. The van der Waals surface area contributed by atoms with Crippen LogP contribution in [0, 0.1) is 6.92 Å². The average molecular weight is 443 g/mol. The van der Waals surface area contributed by atoms with Crippen molar-refractivity contribution < 1.29 is 14.4 Å². The molecule has 1 heterocycles. The van der Waals surface area contributed by atoms with Gasteiger partial charge in [0.15, 0.2) is 0 Å². The Morgan fingerprint density at radius 2 is 1.67 bits per heavy atom.